The molecule has 3 rings (SSSR count). The van der Waals surface area contributed by atoms with Gasteiger partial charge in [-0.1, -0.05) is 0 Å². The molecule has 6 nitrogen and oxygen atoms in total. The number of hydrogen-bond acceptors (Lipinski definition) is 5. The Kier molecular flexibility index (Phi) is 6.16. The average Bonchev–Trinajstić information content (AvgIpc) is 2.99. The highest BCUT2D eigenvalue weighted by atomic mass is 35.5. The lowest BCUT2D eigenvalue weighted by molar-refractivity contribution is 0.0948. The number of carbonyl (C=O) groups is 1. The lowest BCUT2D eigenvalue weighted by atomic mass is 10.2. The minimum absolute atomic E-state index is 0. The van der Waals surface area contributed by atoms with Crippen LogP contribution in [0, 0.1) is 6.92 Å². The summed E-state index contributed by atoms with van der Waals surface area (Å²) in [6.07, 6.45) is 4.46. The lowest BCUT2D eigenvalue weighted by Crippen LogP contribution is -2.37. The molecule has 0 radical (unpaired) electrons. The van der Waals surface area contributed by atoms with E-state index < -0.39 is 6.17 Å². The Bertz CT molecular complexity index is 700. The molecular weight excluding hydrogens is 333 g/mol. The molecule has 128 valence electrons. The number of amides is 1. The van der Waals surface area contributed by atoms with Crippen molar-refractivity contribution in [2.45, 2.75) is 25.6 Å². The monoisotopic (exact) mass is 351 g/mol. The number of aryl methyl sites for hydroxylation is 1. The van der Waals surface area contributed by atoms with Gasteiger partial charge in [0, 0.05) is 43.3 Å². The molecule has 0 saturated carbocycles. The van der Waals surface area contributed by atoms with Crippen molar-refractivity contribution in [2.24, 2.45) is 0 Å². The number of halogens is 2. The second-order valence-electron chi connectivity index (χ2n) is 5.58. The van der Waals surface area contributed by atoms with Crippen LogP contribution in [-0.4, -0.2) is 46.2 Å². The van der Waals surface area contributed by atoms with Crippen LogP contribution in [0.1, 0.15) is 22.5 Å². The van der Waals surface area contributed by atoms with Gasteiger partial charge in [-0.05, 0) is 25.5 Å². The largest absolute Gasteiger partial charge is 0.350 e. The predicted octanol–water partition coefficient (Wildman–Crippen LogP) is 1.70. The summed E-state index contributed by atoms with van der Waals surface area (Å²) in [4.78, 5) is 24.9. The van der Waals surface area contributed by atoms with Gasteiger partial charge in [0.2, 0.25) is 0 Å². The molecular formula is C16H19ClFN5O. The minimum Gasteiger partial charge on any atom is -0.350 e. The molecule has 0 aliphatic carbocycles. The maximum atomic E-state index is 13.1. The zero-order valence-corrected chi connectivity index (χ0v) is 14.0. The van der Waals surface area contributed by atoms with E-state index >= 15 is 0 Å². The normalized spacial score (nSPS) is 19.6. The first-order valence-electron chi connectivity index (χ1n) is 7.53. The van der Waals surface area contributed by atoms with Crippen molar-refractivity contribution < 1.29 is 9.18 Å². The SMILES string of the molecule is Cc1nc(-c2cccnc2)ncc1C(=O)NC[C@@H]1C[C@H](F)CN1.Cl. The third-order valence-electron chi connectivity index (χ3n) is 3.82. The first-order chi connectivity index (χ1) is 11.1. The highest BCUT2D eigenvalue weighted by molar-refractivity contribution is 5.95. The molecule has 2 N–H and O–H groups in total. The van der Waals surface area contributed by atoms with Crippen molar-refractivity contribution in [1.29, 1.82) is 0 Å². The molecule has 1 fully saturated rings. The van der Waals surface area contributed by atoms with E-state index in [4.69, 9.17) is 0 Å². The number of hydrogen-bond donors (Lipinski definition) is 2. The van der Waals surface area contributed by atoms with Crippen LogP contribution in [0.2, 0.25) is 0 Å². The molecule has 1 saturated heterocycles. The third kappa shape index (κ3) is 4.24. The summed E-state index contributed by atoms with van der Waals surface area (Å²) in [6, 6.07) is 3.65. The second-order valence-corrected chi connectivity index (χ2v) is 5.58. The van der Waals surface area contributed by atoms with Crippen molar-refractivity contribution in [3.8, 4) is 11.4 Å². The fraction of sp³-hybridized carbons (Fsp3) is 0.375. The summed E-state index contributed by atoms with van der Waals surface area (Å²) in [5.74, 6) is 0.286. The first kappa shape index (κ1) is 18.2. The van der Waals surface area contributed by atoms with Gasteiger partial charge in [-0.2, -0.15) is 0 Å². The Morgan fingerprint density at radius 2 is 2.29 bits per heavy atom. The fourth-order valence-electron chi connectivity index (χ4n) is 2.56. The molecule has 2 aromatic rings. The van der Waals surface area contributed by atoms with Crippen LogP contribution in [-0.2, 0) is 0 Å². The Hall–Kier alpha value is -2.12. The number of aromatic nitrogens is 3. The molecule has 2 atom stereocenters. The van der Waals surface area contributed by atoms with Crippen molar-refractivity contribution in [2.75, 3.05) is 13.1 Å². The summed E-state index contributed by atoms with van der Waals surface area (Å²) in [5.41, 5.74) is 1.82. The third-order valence-corrected chi connectivity index (χ3v) is 3.82. The van der Waals surface area contributed by atoms with E-state index in [0.717, 1.165) is 5.56 Å². The highest BCUT2D eigenvalue weighted by Crippen LogP contribution is 2.15. The van der Waals surface area contributed by atoms with Gasteiger partial charge in [0.15, 0.2) is 5.82 Å². The minimum atomic E-state index is -0.833. The van der Waals surface area contributed by atoms with Gasteiger partial charge in [-0.25, -0.2) is 14.4 Å². The Morgan fingerprint density at radius 1 is 1.46 bits per heavy atom. The first-order valence-corrected chi connectivity index (χ1v) is 7.53. The Labute approximate surface area is 145 Å². The number of rotatable bonds is 4. The van der Waals surface area contributed by atoms with Gasteiger partial charge in [-0.3, -0.25) is 9.78 Å². The van der Waals surface area contributed by atoms with Crippen LogP contribution in [0.25, 0.3) is 11.4 Å². The molecule has 0 unspecified atom stereocenters. The van der Waals surface area contributed by atoms with Crippen molar-refractivity contribution >= 4 is 18.3 Å². The number of carbonyl (C=O) groups excluding carboxylic acids is 1. The van der Waals surface area contributed by atoms with Gasteiger partial charge < -0.3 is 10.6 Å². The van der Waals surface area contributed by atoms with Crippen LogP contribution in [0.15, 0.2) is 30.7 Å². The van der Waals surface area contributed by atoms with Crippen molar-refractivity contribution in [1.82, 2.24) is 25.6 Å². The van der Waals surface area contributed by atoms with E-state index in [0.29, 0.717) is 36.6 Å². The van der Waals surface area contributed by atoms with E-state index in [9.17, 15) is 9.18 Å². The Balaban J connectivity index is 0.00000208. The number of nitrogens with zero attached hydrogens (tertiary/aromatic N) is 3. The van der Waals surface area contributed by atoms with E-state index in [1.54, 1.807) is 25.4 Å². The molecule has 24 heavy (non-hydrogen) atoms. The van der Waals surface area contributed by atoms with Gasteiger partial charge >= 0.3 is 0 Å². The van der Waals surface area contributed by atoms with Crippen LogP contribution < -0.4 is 10.6 Å². The van der Waals surface area contributed by atoms with Gasteiger partial charge in [0.25, 0.3) is 5.91 Å². The summed E-state index contributed by atoms with van der Waals surface area (Å²) < 4.78 is 13.1. The molecule has 0 aromatic carbocycles. The summed E-state index contributed by atoms with van der Waals surface area (Å²) >= 11 is 0. The van der Waals surface area contributed by atoms with Gasteiger partial charge in [-0.15, -0.1) is 12.4 Å². The number of pyridine rings is 1. The summed E-state index contributed by atoms with van der Waals surface area (Å²) in [6.45, 7) is 2.51. The van der Waals surface area contributed by atoms with Crippen LogP contribution in [0.3, 0.4) is 0 Å². The zero-order chi connectivity index (χ0) is 16.2. The maximum Gasteiger partial charge on any atom is 0.254 e. The zero-order valence-electron chi connectivity index (χ0n) is 13.2. The molecule has 0 spiro atoms. The predicted molar refractivity (Wildman–Crippen MR) is 90.9 cm³/mol. The molecule has 1 aliphatic rings. The van der Waals surface area contributed by atoms with Crippen molar-refractivity contribution in [3.63, 3.8) is 0 Å². The second kappa shape index (κ2) is 8.12. The van der Waals surface area contributed by atoms with Crippen molar-refractivity contribution in [3.05, 3.63) is 42.0 Å². The summed E-state index contributed by atoms with van der Waals surface area (Å²) in [7, 11) is 0. The van der Waals surface area contributed by atoms with E-state index in [1.165, 1.54) is 6.20 Å². The average molecular weight is 352 g/mol. The molecule has 8 heteroatoms. The quantitative estimate of drug-likeness (QED) is 0.876. The van der Waals surface area contributed by atoms with E-state index in [2.05, 4.69) is 25.6 Å². The molecule has 1 amide bonds. The standard InChI is InChI=1S/C16H18FN5O.ClH/c1-10-14(16(23)21-8-13-5-12(17)7-19-13)9-20-15(22-10)11-3-2-4-18-6-11;/h2-4,6,9,12-13,19H,5,7-8H2,1H3,(H,21,23);1H/t12-,13-;/m0./s1. The number of nitrogens with one attached hydrogen (secondary N) is 2. The van der Waals surface area contributed by atoms with Crippen LogP contribution in [0.4, 0.5) is 4.39 Å². The van der Waals surface area contributed by atoms with E-state index in [1.807, 2.05) is 6.07 Å². The maximum absolute atomic E-state index is 13.1. The molecule has 1 aliphatic heterocycles. The fourth-order valence-corrected chi connectivity index (χ4v) is 2.56. The molecule has 3 heterocycles. The Morgan fingerprint density at radius 3 is 2.92 bits per heavy atom. The topological polar surface area (TPSA) is 79.8 Å². The van der Waals surface area contributed by atoms with Crippen LogP contribution >= 0.6 is 12.4 Å². The van der Waals surface area contributed by atoms with Crippen LogP contribution in [0.5, 0.6) is 0 Å². The summed E-state index contributed by atoms with van der Waals surface area (Å²) in [5, 5.41) is 5.83. The highest BCUT2D eigenvalue weighted by Gasteiger charge is 2.24. The lowest BCUT2D eigenvalue weighted by Gasteiger charge is -2.12. The smallest absolute Gasteiger partial charge is 0.254 e. The van der Waals surface area contributed by atoms with Gasteiger partial charge in [0.05, 0.1) is 11.3 Å². The van der Waals surface area contributed by atoms with Gasteiger partial charge in [0.1, 0.15) is 6.17 Å². The molecule has 2 aromatic heterocycles. The molecule has 0 bridgehead atoms. The van der Waals surface area contributed by atoms with E-state index in [-0.39, 0.29) is 24.4 Å². The number of alkyl halides is 1.